The lowest BCUT2D eigenvalue weighted by molar-refractivity contribution is 0.00578. The monoisotopic (exact) mass is 260 g/mol. The van der Waals surface area contributed by atoms with Gasteiger partial charge in [0.1, 0.15) is 11.6 Å². The van der Waals surface area contributed by atoms with E-state index in [0.717, 1.165) is 5.46 Å². The summed E-state index contributed by atoms with van der Waals surface area (Å²) in [7, 11) is 0.966. The van der Waals surface area contributed by atoms with Crippen molar-refractivity contribution in [3.8, 4) is 11.9 Å². The highest BCUT2D eigenvalue weighted by Gasteiger charge is 2.51. The molecule has 0 atom stereocenters. The molecule has 0 unspecified atom stereocenters. The average Bonchev–Trinajstić information content (AvgIpc) is 2.57. The fourth-order valence-electron chi connectivity index (χ4n) is 1.82. The van der Waals surface area contributed by atoms with Crippen molar-refractivity contribution in [3.63, 3.8) is 0 Å². The summed E-state index contributed by atoms with van der Waals surface area (Å²) in [6, 6.07) is 3.74. The van der Waals surface area contributed by atoms with Crippen molar-refractivity contribution in [2.75, 3.05) is 7.11 Å². The van der Waals surface area contributed by atoms with E-state index in [2.05, 4.69) is 11.1 Å². The summed E-state index contributed by atoms with van der Waals surface area (Å²) in [5.41, 5.74) is 0.264. The summed E-state index contributed by atoms with van der Waals surface area (Å²) >= 11 is 0. The van der Waals surface area contributed by atoms with Crippen LogP contribution in [0, 0.1) is 11.3 Å². The van der Waals surface area contributed by atoms with Gasteiger partial charge in [0.2, 0.25) is 5.88 Å². The molecule has 1 aromatic heterocycles. The first-order valence-electron chi connectivity index (χ1n) is 6.10. The third-order valence-corrected chi connectivity index (χ3v) is 3.71. The van der Waals surface area contributed by atoms with Crippen LogP contribution in [0.5, 0.6) is 5.88 Å². The van der Waals surface area contributed by atoms with Crippen molar-refractivity contribution in [2.24, 2.45) is 0 Å². The zero-order valence-corrected chi connectivity index (χ0v) is 11.9. The fraction of sp³-hybridized carbons (Fsp3) is 0.538. The molecule has 1 saturated heterocycles. The molecule has 2 rings (SSSR count). The smallest absolute Gasteiger partial charge is 0.480 e. The summed E-state index contributed by atoms with van der Waals surface area (Å²) in [4.78, 5) is 4.10. The lowest BCUT2D eigenvalue weighted by Crippen LogP contribution is -2.41. The largest absolute Gasteiger partial charge is 0.496 e. The minimum atomic E-state index is -0.518. The van der Waals surface area contributed by atoms with Crippen molar-refractivity contribution >= 4 is 12.6 Å². The van der Waals surface area contributed by atoms with Gasteiger partial charge in [-0.05, 0) is 33.8 Å². The Morgan fingerprint density at radius 2 is 1.84 bits per heavy atom. The topological polar surface area (TPSA) is 64.4 Å². The van der Waals surface area contributed by atoms with Gasteiger partial charge in [-0.3, -0.25) is 0 Å². The average molecular weight is 260 g/mol. The van der Waals surface area contributed by atoms with Crippen LogP contribution in [0.2, 0.25) is 0 Å². The van der Waals surface area contributed by atoms with Crippen molar-refractivity contribution in [1.82, 2.24) is 4.98 Å². The van der Waals surface area contributed by atoms with Crippen molar-refractivity contribution in [3.05, 3.63) is 17.8 Å². The van der Waals surface area contributed by atoms with Crippen LogP contribution in [-0.4, -0.2) is 30.4 Å². The van der Waals surface area contributed by atoms with Gasteiger partial charge in [0.25, 0.3) is 0 Å². The second-order valence-electron chi connectivity index (χ2n) is 5.53. The zero-order chi connectivity index (χ0) is 14.3. The third kappa shape index (κ3) is 2.31. The van der Waals surface area contributed by atoms with Crippen LogP contribution in [-0.2, 0) is 9.31 Å². The van der Waals surface area contributed by atoms with Gasteiger partial charge in [0.15, 0.2) is 0 Å². The summed E-state index contributed by atoms with van der Waals surface area (Å²) in [6.07, 6.45) is 1.61. The molecule has 1 aromatic rings. The Balaban J connectivity index is 2.33. The van der Waals surface area contributed by atoms with Gasteiger partial charge in [-0.15, -0.1) is 0 Å². The van der Waals surface area contributed by atoms with Crippen LogP contribution in [0.15, 0.2) is 12.3 Å². The highest BCUT2D eigenvalue weighted by atomic mass is 16.7. The highest BCUT2D eigenvalue weighted by molar-refractivity contribution is 6.62. The van der Waals surface area contributed by atoms with Crippen molar-refractivity contribution in [2.45, 2.75) is 38.9 Å². The molecule has 1 fully saturated rings. The van der Waals surface area contributed by atoms with Gasteiger partial charge in [0.05, 0.1) is 18.3 Å². The lowest BCUT2D eigenvalue weighted by atomic mass is 9.80. The van der Waals surface area contributed by atoms with Crippen LogP contribution in [0.25, 0.3) is 0 Å². The van der Waals surface area contributed by atoms with Gasteiger partial charge < -0.3 is 14.0 Å². The predicted molar refractivity (Wildman–Crippen MR) is 71.2 cm³/mol. The summed E-state index contributed by atoms with van der Waals surface area (Å²) in [5.74, 6) is 0.308. The van der Waals surface area contributed by atoms with E-state index in [1.807, 2.05) is 27.7 Å². The first-order valence-corrected chi connectivity index (χ1v) is 6.10. The minimum Gasteiger partial charge on any atom is -0.480 e. The Kier molecular flexibility index (Phi) is 3.29. The van der Waals surface area contributed by atoms with Crippen LogP contribution in [0.1, 0.15) is 33.3 Å². The first-order chi connectivity index (χ1) is 8.80. The second-order valence-corrected chi connectivity index (χ2v) is 5.53. The van der Waals surface area contributed by atoms with Crippen LogP contribution in [0.4, 0.5) is 0 Å². The molecular formula is C13H17BN2O3. The van der Waals surface area contributed by atoms with E-state index in [1.165, 1.54) is 7.11 Å². The maximum Gasteiger partial charge on any atom is 0.496 e. The molecule has 6 heteroatoms. The number of hydrogen-bond donors (Lipinski definition) is 0. The van der Waals surface area contributed by atoms with Crippen molar-refractivity contribution < 1.29 is 14.0 Å². The predicted octanol–water partition coefficient (Wildman–Crippen LogP) is 1.26. The summed E-state index contributed by atoms with van der Waals surface area (Å²) in [6.45, 7) is 7.93. The standard InChI is InChI=1S/C13H17BN2O3/c1-12(2)13(3,4)19-14(18-12)10-6-9(7-15)11(17-5)16-8-10/h6,8H,1-5H3. The SMILES string of the molecule is COc1ncc(B2OC(C)(C)C(C)(C)O2)cc1C#N. The Morgan fingerprint density at radius 3 is 2.32 bits per heavy atom. The van der Waals surface area contributed by atoms with E-state index < -0.39 is 18.3 Å². The number of nitriles is 1. The van der Waals surface area contributed by atoms with Crippen LogP contribution >= 0.6 is 0 Å². The summed E-state index contributed by atoms with van der Waals surface area (Å²) < 4.78 is 16.8. The Labute approximate surface area is 113 Å². The second kappa shape index (κ2) is 4.51. The fourth-order valence-corrected chi connectivity index (χ4v) is 1.82. The molecule has 19 heavy (non-hydrogen) atoms. The minimum absolute atomic E-state index is 0.308. The van der Waals surface area contributed by atoms with Gasteiger partial charge in [-0.1, -0.05) is 0 Å². The third-order valence-electron chi connectivity index (χ3n) is 3.71. The first kappa shape index (κ1) is 13.8. The molecular weight excluding hydrogens is 243 g/mol. The van der Waals surface area contributed by atoms with Crippen LogP contribution in [0.3, 0.4) is 0 Å². The van der Waals surface area contributed by atoms with E-state index in [-0.39, 0.29) is 0 Å². The maximum absolute atomic E-state index is 9.07. The highest BCUT2D eigenvalue weighted by Crippen LogP contribution is 2.36. The molecule has 1 aliphatic rings. The molecule has 100 valence electrons. The number of pyridine rings is 1. The molecule has 1 aliphatic heterocycles. The molecule has 2 heterocycles. The Bertz CT molecular complexity index is 521. The number of ether oxygens (including phenoxy) is 1. The number of hydrogen-bond acceptors (Lipinski definition) is 5. The Morgan fingerprint density at radius 1 is 1.26 bits per heavy atom. The molecule has 5 nitrogen and oxygen atoms in total. The quantitative estimate of drug-likeness (QED) is 0.749. The van der Waals surface area contributed by atoms with Crippen LogP contribution < -0.4 is 10.2 Å². The van der Waals surface area contributed by atoms with Gasteiger partial charge in [0, 0.05) is 11.7 Å². The molecule has 0 bridgehead atoms. The molecule has 0 aliphatic carbocycles. The van der Waals surface area contributed by atoms with E-state index in [4.69, 9.17) is 19.3 Å². The van der Waals surface area contributed by atoms with E-state index in [9.17, 15) is 0 Å². The molecule has 0 spiro atoms. The molecule has 0 aromatic carbocycles. The number of methoxy groups -OCH3 is 1. The number of aromatic nitrogens is 1. The van der Waals surface area contributed by atoms with Gasteiger partial charge >= 0.3 is 7.12 Å². The maximum atomic E-state index is 9.07. The molecule has 0 radical (unpaired) electrons. The number of nitrogens with zero attached hydrogens (tertiary/aromatic N) is 2. The zero-order valence-electron chi connectivity index (χ0n) is 11.9. The summed E-state index contributed by atoms with van der Waals surface area (Å²) in [5, 5.41) is 9.07. The lowest BCUT2D eigenvalue weighted by Gasteiger charge is -2.32. The molecule has 0 N–H and O–H groups in total. The molecule has 0 saturated carbocycles. The normalized spacial score (nSPS) is 20.1. The van der Waals surface area contributed by atoms with Gasteiger partial charge in [-0.2, -0.15) is 5.26 Å². The Hall–Kier alpha value is -1.58. The molecule has 0 amide bonds. The van der Waals surface area contributed by atoms with E-state index >= 15 is 0 Å². The van der Waals surface area contributed by atoms with E-state index in [0.29, 0.717) is 11.4 Å². The van der Waals surface area contributed by atoms with Crippen molar-refractivity contribution in [1.29, 1.82) is 5.26 Å². The van der Waals surface area contributed by atoms with E-state index in [1.54, 1.807) is 12.3 Å². The number of rotatable bonds is 2. The van der Waals surface area contributed by atoms with Gasteiger partial charge in [-0.25, -0.2) is 4.98 Å².